The Hall–Kier alpha value is 2.26. The second-order valence-electron chi connectivity index (χ2n) is 0.143. The van der Waals surface area contributed by atoms with E-state index in [0.717, 1.165) is 0 Å². The van der Waals surface area contributed by atoms with Gasteiger partial charge in [-0.3, -0.25) is 0 Å². The first kappa shape index (κ1) is 6.26. The van der Waals surface area contributed by atoms with Crippen molar-refractivity contribution < 1.29 is 6.32 Å². The Morgan fingerprint density at radius 2 is 1.50 bits per heavy atom. The standard InChI is InChI=1S/ClH.Co.2HI/h1H;;2*1H/q;+3;;/p-3. The molecule has 0 aliphatic carbocycles. The topological polar surface area (TPSA) is 0 Å². The van der Waals surface area contributed by atoms with Crippen molar-refractivity contribution in [3.05, 3.63) is 0 Å². The van der Waals surface area contributed by atoms with Crippen LogP contribution in [0.4, 0.5) is 0 Å². The van der Waals surface area contributed by atoms with Gasteiger partial charge in [0.05, 0.1) is 0 Å². The third-order valence-corrected chi connectivity index (χ3v) is 0. The summed E-state index contributed by atoms with van der Waals surface area (Å²) >= 11 is 4.32. The van der Waals surface area contributed by atoms with Gasteiger partial charge in [-0.1, -0.05) is 0 Å². The quantitative estimate of drug-likeness (QED) is 0.590. The predicted molar refractivity (Wildman–Crippen MR) is 33.9 cm³/mol. The van der Waals surface area contributed by atoms with Gasteiger partial charge >= 0.3 is 57.3 Å². The van der Waals surface area contributed by atoms with Crippen LogP contribution in [0.2, 0.25) is 0 Å². The second-order valence-corrected chi connectivity index (χ2v) is 16.7. The molecule has 30 valence electrons. The van der Waals surface area contributed by atoms with Crippen molar-refractivity contribution in [1.82, 2.24) is 0 Å². The molecule has 0 heterocycles. The molecule has 0 radical (unpaired) electrons. The third kappa shape index (κ3) is 8.87. The molecule has 0 bridgehead atoms. The molecule has 0 aromatic carbocycles. The van der Waals surface area contributed by atoms with Gasteiger partial charge in [0.15, 0.2) is 0 Å². The van der Waals surface area contributed by atoms with E-state index in [1.807, 2.05) is 0 Å². The van der Waals surface area contributed by atoms with Crippen LogP contribution >= 0.6 is 51.0 Å². The van der Waals surface area contributed by atoms with E-state index in [-0.39, 0.29) is 6.32 Å². The molecule has 0 aromatic heterocycles. The molecule has 4 heavy (non-hydrogen) atoms. The summed E-state index contributed by atoms with van der Waals surface area (Å²) in [6.07, 6.45) is -0.192. The first-order valence-electron chi connectivity index (χ1n) is 0.378. The van der Waals surface area contributed by atoms with Crippen molar-refractivity contribution >= 4 is 51.0 Å². The molecule has 0 saturated carbocycles. The van der Waals surface area contributed by atoms with Crippen molar-refractivity contribution in [2.75, 3.05) is 0 Å². The Kier molecular flexibility index (Phi) is 5.39. The van der Waals surface area contributed by atoms with Gasteiger partial charge in [0, 0.05) is 0 Å². The fourth-order valence-corrected chi connectivity index (χ4v) is 0. The van der Waals surface area contributed by atoms with Crippen molar-refractivity contribution in [3.8, 4) is 0 Å². The van der Waals surface area contributed by atoms with Crippen molar-refractivity contribution in [2.24, 2.45) is 0 Å². The van der Waals surface area contributed by atoms with Crippen LogP contribution in [-0.4, -0.2) is 0 Å². The van der Waals surface area contributed by atoms with Crippen LogP contribution in [0, 0.1) is 0 Å². The van der Waals surface area contributed by atoms with Crippen LogP contribution in [0.1, 0.15) is 0 Å². The third-order valence-electron chi connectivity index (χ3n) is 0. The van der Waals surface area contributed by atoms with Crippen molar-refractivity contribution in [3.63, 3.8) is 0 Å². The second kappa shape index (κ2) is 3.45. The van der Waals surface area contributed by atoms with E-state index in [1.54, 1.807) is 0 Å². The molecule has 0 saturated heterocycles. The van der Waals surface area contributed by atoms with Gasteiger partial charge in [-0.05, 0) is 0 Å². The molecular weight excluding hydrogens is 348 g/mol. The van der Waals surface area contributed by atoms with Gasteiger partial charge in [-0.2, -0.15) is 0 Å². The summed E-state index contributed by atoms with van der Waals surface area (Å²) in [5.74, 6) is 0. The maximum absolute atomic E-state index is 5.31. The molecule has 0 aromatic rings. The zero-order chi connectivity index (χ0) is 3.58. The molecule has 0 unspecified atom stereocenters. The summed E-state index contributed by atoms with van der Waals surface area (Å²) in [6, 6.07) is 0. The normalized spacial score (nSPS) is 11.2. The van der Waals surface area contributed by atoms with Crippen LogP contribution in [0.5, 0.6) is 0 Å². The molecule has 0 spiro atoms. The van der Waals surface area contributed by atoms with Gasteiger partial charge in [-0.25, -0.2) is 0 Å². The van der Waals surface area contributed by atoms with Gasteiger partial charge in [-0.15, -0.1) is 0 Å². The summed E-state index contributed by atoms with van der Waals surface area (Å²) in [6.45, 7) is 0. The SMILES string of the molecule is [Cl][Co]([I])[I]. The molecule has 0 nitrogen and oxygen atoms in total. The fraction of sp³-hybridized carbons (Fsp3) is 0. The van der Waals surface area contributed by atoms with E-state index in [1.165, 1.54) is 0 Å². The summed E-state index contributed by atoms with van der Waals surface area (Å²) < 4.78 is 0. The van der Waals surface area contributed by atoms with Crippen LogP contribution in [0.3, 0.4) is 0 Å². The minimum atomic E-state index is -0.192. The Balaban J connectivity index is 2.32. The zero-order valence-electron chi connectivity index (χ0n) is 1.47. The van der Waals surface area contributed by atoms with E-state index in [2.05, 4.69) is 40.8 Å². The average molecular weight is 348 g/mol. The first-order valence-corrected chi connectivity index (χ1v) is 8.53. The average Bonchev–Trinajstić information content (AvgIpc) is 0.811. The maximum atomic E-state index is 5.31. The number of hydrogen-bond acceptors (Lipinski definition) is 0. The Morgan fingerprint density at radius 3 is 1.50 bits per heavy atom. The van der Waals surface area contributed by atoms with Gasteiger partial charge in [0.2, 0.25) is 0 Å². The first-order chi connectivity index (χ1) is 1.73. The minimum absolute atomic E-state index is 0.192. The Bertz CT molecular complexity index is 10.8. The predicted octanol–water partition coefficient (Wildman–Crippen LogP) is 2.46. The number of rotatable bonds is 0. The molecular formula is ClCoI2. The van der Waals surface area contributed by atoms with E-state index in [0.29, 0.717) is 0 Å². The molecule has 0 rings (SSSR count). The van der Waals surface area contributed by atoms with E-state index >= 15 is 0 Å². The van der Waals surface area contributed by atoms with Crippen molar-refractivity contribution in [2.45, 2.75) is 0 Å². The van der Waals surface area contributed by atoms with Gasteiger partial charge in [0.25, 0.3) is 0 Å². The van der Waals surface area contributed by atoms with E-state index in [9.17, 15) is 0 Å². The molecule has 0 N–H and O–H groups in total. The van der Waals surface area contributed by atoms with Crippen LogP contribution < -0.4 is 0 Å². The molecule has 0 atom stereocenters. The van der Waals surface area contributed by atoms with Gasteiger partial charge in [0.1, 0.15) is 0 Å². The van der Waals surface area contributed by atoms with Crippen LogP contribution in [0.25, 0.3) is 0 Å². The summed E-state index contributed by atoms with van der Waals surface area (Å²) in [4.78, 5) is 0. The summed E-state index contributed by atoms with van der Waals surface area (Å²) in [7, 11) is 5.31. The summed E-state index contributed by atoms with van der Waals surface area (Å²) in [5.41, 5.74) is 0. The molecule has 0 fully saturated rings. The van der Waals surface area contributed by atoms with Crippen LogP contribution in [-0.2, 0) is 6.32 Å². The molecule has 4 heteroatoms. The Morgan fingerprint density at radius 1 is 1.50 bits per heavy atom. The number of hydrogen-bond donors (Lipinski definition) is 0. The monoisotopic (exact) mass is 348 g/mol. The van der Waals surface area contributed by atoms with E-state index in [4.69, 9.17) is 10.1 Å². The molecule has 0 aliphatic heterocycles. The van der Waals surface area contributed by atoms with E-state index < -0.39 is 0 Å². The fourth-order valence-electron chi connectivity index (χ4n) is 0. The van der Waals surface area contributed by atoms with Gasteiger partial charge < -0.3 is 0 Å². The molecule has 0 amide bonds. The summed E-state index contributed by atoms with van der Waals surface area (Å²) in [5, 5.41) is 0. The van der Waals surface area contributed by atoms with Crippen molar-refractivity contribution in [1.29, 1.82) is 0 Å². The molecule has 0 aliphatic rings. The zero-order valence-corrected chi connectivity index (χ0v) is 7.58. The number of halogens is 3. The Labute approximate surface area is 56.3 Å². The van der Waals surface area contributed by atoms with Crippen LogP contribution in [0.15, 0.2) is 0 Å².